The van der Waals surface area contributed by atoms with Crippen LogP contribution in [0.25, 0.3) is 0 Å². The quantitative estimate of drug-likeness (QED) is 0.232. The Morgan fingerprint density at radius 1 is 1.06 bits per heavy atom. The summed E-state index contributed by atoms with van der Waals surface area (Å²) >= 11 is 7.01. The fourth-order valence-electron chi connectivity index (χ4n) is 3.85. The molecule has 0 radical (unpaired) electrons. The fraction of sp³-hybridized carbons (Fsp3) is 0.308. The molecule has 3 aromatic carbocycles. The molecule has 1 unspecified atom stereocenters. The highest BCUT2D eigenvalue weighted by molar-refractivity contribution is 9.11. The number of ether oxygens (including phenoxy) is 1. The molecule has 1 atom stereocenters. The summed E-state index contributed by atoms with van der Waals surface area (Å²) in [5, 5.41) is 3.31. The molecule has 3 aromatic rings. The lowest BCUT2D eigenvalue weighted by Gasteiger charge is -2.26. The van der Waals surface area contributed by atoms with Crippen molar-refractivity contribution in [2.45, 2.75) is 26.3 Å². The Balaban J connectivity index is 1.82. The predicted molar refractivity (Wildman–Crippen MR) is 144 cm³/mol. The van der Waals surface area contributed by atoms with Gasteiger partial charge in [-0.05, 0) is 73.6 Å². The molecule has 6 nitrogen and oxygen atoms in total. The Hall–Kier alpha value is -2.42. The Bertz CT molecular complexity index is 1100. The zero-order chi connectivity index (χ0) is 24.7. The van der Waals surface area contributed by atoms with Crippen LogP contribution < -0.4 is 10.1 Å². The molecular weight excluding hydrogens is 562 g/mol. The van der Waals surface area contributed by atoms with Crippen LogP contribution in [0.1, 0.15) is 30.9 Å². The Kier molecular flexibility index (Phi) is 9.50. The third kappa shape index (κ3) is 6.58. The molecule has 0 saturated carbocycles. The molecule has 0 aliphatic rings. The summed E-state index contributed by atoms with van der Waals surface area (Å²) in [7, 11) is 3.26. The van der Waals surface area contributed by atoms with E-state index in [1.165, 1.54) is 18.2 Å². The second kappa shape index (κ2) is 12.3. The van der Waals surface area contributed by atoms with E-state index in [0.29, 0.717) is 31.1 Å². The maximum Gasteiger partial charge on any atom is 0.319 e. The van der Waals surface area contributed by atoms with Crippen LogP contribution in [0.5, 0.6) is 11.5 Å². The van der Waals surface area contributed by atoms with Crippen LogP contribution in [0.15, 0.2) is 69.6 Å². The normalized spacial score (nSPS) is 11.9. The van der Waals surface area contributed by atoms with Crippen LogP contribution in [0.4, 0.5) is 11.4 Å². The number of rotatable bonds is 11. The zero-order valence-electron chi connectivity index (χ0n) is 19.8. The van der Waals surface area contributed by atoms with Crippen molar-refractivity contribution in [1.29, 1.82) is 0 Å². The summed E-state index contributed by atoms with van der Waals surface area (Å²) in [6.45, 7) is 7.23. The van der Waals surface area contributed by atoms with E-state index in [-0.39, 0.29) is 5.92 Å². The molecule has 34 heavy (non-hydrogen) atoms. The first-order chi connectivity index (χ1) is 16.4. The molecule has 180 valence electrons. The molecule has 0 aliphatic carbocycles. The maximum absolute atomic E-state index is 11.8. The lowest BCUT2D eigenvalue weighted by molar-refractivity contribution is -0.736. The smallest absolute Gasteiger partial charge is 0.319 e. The van der Waals surface area contributed by atoms with Gasteiger partial charge in [0.2, 0.25) is 0 Å². The number of benzene rings is 3. The van der Waals surface area contributed by atoms with Gasteiger partial charge in [-0.3, -0.25) is 4.90 Å². The summed E-state index contributed by atoms with van der Waals surface area (Å²) < 4.78 is 7.51. The van der Waals surface area contributed by atoms with Gasteiger partial charge in [0.25, 0.3) is 4.92 Å². The molecule has 0 amide bonds. The van der Waals surface area contributed by atoms with E-state index in [0.717, 1.165) is 25.3 Å². The van der Waals surface area contributed by atoms with Crippen molar-refractivity contribution in [3.05, 3.63) is 85.6 Å². The molecule has 0 fully saturated rings. The average Bonchev–Trinajstić information content (AvgIpc) is 2.85. The number of halogens is 2. The van der Waals surface area contributed by atoms with Gasteiger partial charge in [0.15, 0.2) is 12.9 Å². The lowest BCUT2D eigenvalue weighted by Crippen LogP contribution is -2.27. The molecule has 8 heteroatoms. The van der Waals surface area contributed by atoms with Crippen molar-refractivity contribution in [2.75, 3.05) is 32.6 Å². The molecule has 0 heterocycles. The molecule has 0 spiro atoms. The lowest BCUT2D eigenvalue weighted by atomic mass is 9.97. The summed E-state index contributed by atoms with van der Waals surface area (Å²) in [5.74, 6) is 1.58. The molecule has 1 N–H and O–H groups in total. The molecule has 0 bridgehead atoms. The van der Waals surface area contributed by atoms with Crippen molar-refractivity contribution < 1.29 is 14.5 Å². The highest BCUT2D eigenvalue weighted by Crippen LogP contribution is 2.41. The standard InChI is InChI=1S/C26H30Br2N3O3/c1-5-30(17-19-9-7-6-8-10-19)16-18(2)22-15-21(11-12-25(22)29-3)34-26-23(27)13-20(14-24(26)28)31(32)33-4/h6-15,18,29H,5,16-17H2,1-4H3/q+1. The van der Waals surface area contributed by atoms with E-state index >= 15 is 0 Å². The van der Waals surface area contributed by atoms with Crippen LogP contribution in [-0.4, -0.2) is 37.1 Å². The second-order valence-electron chi connectivity index (χ2n) is 7.99. The van der Waals surface area contributed by atoms with Crippen molar-refractivity contribution in [1.82, 2.24) is 4.90 Å². The first-order valence-electron chi connectivity index (χ1n) is 11.1. The minimum atomic E-state index is 0.277. The van der Waals surface area contributed by atoms with Gasteiger partial charge in [-0.1, -0.05) is 44.2 Å². The number of nitrogens with zero attached hydrogens (tertiary/aromatic N) is 2. The SMILES string of the molecule is CCN(Cc1ccccc1)CC(C)c1cc(Oc2c(Br)cc([N+](=O)OC)cc2Br)ccc1NC. The molecule has 3 rings (SSSR count). The van der Waals surface area contributed by atoms with Gasteiger partial charge in [-0.2, -0.15) is 0 Å². The molecule has 0 aromatic heterocycles. The number of hydrogen-bond donors (Lipinski definition) is 1. The number of likely N-dealkylation sites (N-methyl/N-ethyl adjacent to an activating group) is 1. The van der Waals surface area contributed by atoms with Crippen molar-refractivity contribution in [3.8, 4) is 11.5 Å². The summed E-state index contributed by atoms with van der Waals surface area (Å²) in [6.07, 6.45) is 0. The monoisotopic (exact) mass is 590 g/mol. The highest BCUT2D eigenvalue weighted by Gasteiger charge is 2.21. The van der Waals surface area contributed by atoms with E-state index < -0.39 is 0 Å². The molecule has 0 aliphatic heterocycles. The Morgan fingerprint density at radius 2 is 1.74 bits per heavy atom. The molecule has 0 saturated heterocycles. The second-order valence-corrected chi connectivity index (χ2v) is 9.70. The number of nitrogens with one attached hydrogen (secondary N) is 1. The number of hydrogen-bond acceptors (Lipinski definition) is 5. The minimum Gasteiger partial charge on any atom is -0.455 e. The van der Waals surface area contributed by atoms with Crippen LogP contribution >= 0.6 is 31.9 Å². The fourth-order valence-corrected chi connectivity index (χ4v) is 5.17. The Morgan fingerprint density at radius 3 is 2.32 bits per heavy atom. The van der Waals surface area contributed by atoms with E-state index in [1.807, 2.05) is 25.2 Å². The third-order valence-electron chi connectivity index (χ3n) is 5.63. The highest BCUT2D eigenvalue weighted by atomic mass is 79.9. The third-order valence-corrected chi connectivity index (χ3v) is 6.81. The van der Waals surface area contributed by atoms with Gasteiger partial charge in [-0.15, -0.1) is 0 Å². The van der Waals surface area contributed by atoms with Gasteiger partial charge >= 0.3 is 5.69 Å². The van der Waals surface area contributed by atoms with Gasteiger partial charge in [0, 0.05) is 38.0 Å². The predicted octanol–water partition coefficient (Wildman–Crippen LogP) is 7.64. The Labute approximate surface area is 218 Å². The summed E-state index contributed by atoms with van der Waals surface area (Å²) in [4.78, 5) is 19.4. The van der Waals surface area contributed by atoms with Crippen LogP contribution in [-0.2, 0) is 11.4 Å². The van der Waals surface area contributed by atoms with Gasteiger partial charge in [0.1, 0.15) is 5.75 Å². The van der Waals surface area contributed by atoms with Gasteiger partial charge in [-0.25, -0.2) is 4.84 Å². The topological polar surface area (TPSA) is 53.8 Å². The van der Waals surface area contributed by atoms with Crippen LogP contribution in [0.3, 0.4) is 0 Å². The largest absolute Gasteiger partial charge is 0.455 e. The maximum atomic E-state index is 11.8. The van der Waals surface area contributed by atoms with Gasteiger partial charge in [0.05, 0.1) is 13.9 Å². The van der Waals surface area contributed by atoms with Gasteiger partial charge < -0.3 is 10.1 Å². The van der Waals surface area contributed by atoms with Crippen LogP contribution in [0, 0.1) is 4.91 Å². The van der Waals surface area contributed by atoms with Crippen molar-refractivity contribution in [2.24, 2.45) is 0 Å². The average molecular weight is 592 g/mol. The first-order valence-corrected chi connectivity index (χ1v) is 12.7. The van der Waals surface area contributed by atoms with E-state index in [2.05, 4.69) is 86.3 Å². The van der Waals surface area contributed by atoms with E-state index in [4.69, 9.17) is 9.57 Å². The van der Waals surface area contributed by atoms with E-state index in [1.54, 1.807) is 12.1 Å². The molecular formula is C26H30Br2N3O3+. The summed E-state index contributed by atoms with van der Waals surface area (Å²) in [6, 6.07) is 19.9. The number of anilines is 1. The summed E-state index contributed by atoms with van der Waals surface area (Å²) in [5.41, 5.74) is 3.92. The van der Waals surface area contributed by atoms with Crippen molar-refractivity contribution >= 4 is 43.2 Å². The van der Waals surface area contributed by atoms with Crippen molar-refractivity contribution in [3.63, 3.8) is 0 Å². The van der Waals surface area contributed by atoms with Crippen LogP contribution in [0.2, 0.25) is 0 Å². The zero-order valence-corrected chi connectivity index (χ0v) is 23.0. The minimum absolute atomic E-state index is 0.277. The van der Waals surface area contributed by atoms with E-state index in [9.17, 15) is 4.91 Å². The first kappa shape index (κ1) is 26.2.